The lowest BCUT2D eigenvalue weighted by Gasteiger charge is -2.29. The molecule has 2 saturated heterocycles. The summed E-state index contributed by atoms with van der Waals surface area (Å²) in [4.78, 5) is 33.4. The third-order valence-corrected chi connectivity index (χ3v) is 5.75. The molecule has 146 valence electrons. The quantitative estimate of drug-likeness (QED) is 0.710. The molecule has 28 heavy (non-hydrogen) atoms. The van der Waals surface area contributed by atoms with E-state index < -0.39 is 18.1 Å². The molecule has 7 heteroatoms. The van der Waals surface area contributed by atoms with Crippen molar-refractivity contribution < 1.29 is 19.5 Å². The smallest absolute Gasteiger partial charge is 0.261 e. The van der Waals surface area contributed by atoms with Gasteiger partial charge in [0.2, 0.25) is 5.91 Å². The number of nitrogens with zero attached hydrogens (tertiary/aromatic N) is 2. The molecule has 0 radical (unpaired) electrons. The van der Waals surface area contributed by atoms with Crippen LogP contribution in [0.3, 0.4) is 0 Å². The standard InChI is InChI=1S/C21H21BrN2O4/c1-2-3-11-23-20(26)17-18(15-12-13(22)9-10-16(15)25)24(28-19(17)21(23)27)14-7-5-4-6-8-14/h4-10,12,17-19,25H,2-3,11H2,1H3/t17-,18-,19-/m0/s1. The molecule has 2 aromatic carbocycles. The van der Waals surface area contributed by atoms with E-state index in [9.17, 15) is 14.7 Å². The molecule has 2 amide bonds. The zero-order valence-electron chi connectivity index (χ0n) is 15.4. The lowest BCUT2D eigenvalue weighted by atomic mass is 9.90. The number of carbonyl (C=O) groups is 2. The number of fused-ring (bicyclic) bond motifs is 1. The van der Waals surface area contributed by atoms with Gasteiger partial charge in [0, 0.05) is 16.6 Å². The minimum atomic E-state index is -0.882. The van der Waals surface area contributed by atoms with E-state index in [1.54, 1.807) is 23.3 Å². The van der Waals surface area contributed by atoms with Gasteiger partial charge in [-0.2, -0.15) is 0 Å². The first-order chi connectivity index (χ1) is 13.5. The number of hydrogen-bond acceptors (Lipinski definition) is 5. The van der Waals surface area contributed by atoms with E-state index in [1.807, 2.05) is 37.3 Å². The number of para-hydroxylation sites is 1. The number of unbranched alkanes of at least 4 members (excludes halogenated alkanes) is 1. The Morgan fingerprint density at radius 2 is 1.86 bits per heavy atom. The second kappa shape index (κ2) is 7.56. The molecule has 1 N–H and O–H groups in total. The number of phenolic OH excluding ortho intramolecular Hbond substituents is 1. The van der Waals surface area contributed by atoms with E-state index in [0.29, 0.717) is 12.1 Å². The van der Waals surface area contributed by atoms with Crippen molar-refractivity contribution in [2.75, 3.05) is 11.6 Å². The van der Waals surface area contributed by atoms with Crippen LogP contribution in [0.4, 0.5) is 5.69 Å². The number of aromatic hydroxyl groups is 1. The summed E-state index contributed by atoms with van der Waals surface area (Å²) in [6.07, 6.45) is 0.763. The van der Waals surface area contributed by atoms with Gasteiger partial charge >= 0.3 is 0 Å². The maximum atomic E-state index is 13.2. The monoisotopic (exact) mass is 444 g/mol. The summed E-state index contributed by atoms with van der Waals surface area (Å²) in [7, 11) is 0. The predicted molar refractivity (Wildman–Crippen MR) is 107 cm³/mol. The van der Waals surface area contributed by atoms with Crippen molar-refractivity contribution in [3.8, 4) is 5.75 Å². The highest BCUT2D eigenvalue weighted by atomic mass is 79.9. The lowest BCUT2D eigenvalue weighted by molar-refractivity contribution is -0.143. The van der Waals surface area contributed by atoms with Gasteiger partial charge in [-0.05, 0) is 36.8 Å². The normalized spacial score (nSPS) is 24.1. The molecule has 6 nitrogen and oxygen atoms in total. The SMILES string of the molecule is CCCCN1C(=O)[C@@H]2[C@H](ON(c3ccccc3)[C@H]2c2cc(Br)ccc2O)C1=O. The van der Waals surface area contributed by atoms with Gasteiger partial charge in [0.15, 0.2) is 6.10 Å². The van der Waals surface area contributed by atoms with E-state index in [4.69, 9.17) is 4.84 Å². The zero-order chi connectivity index (χ0) is 19.8. The fourth-order valence-electron chi connectivity index (χ4n) is 3.89. The second-order valence-corrected chi connectivity index (χ2v) is 7.96. The highest BCUT2D eigenvalue weighted by Crippen LogP contribution is 2.49. The summed E-state index contributed by atoms with van der Waals surface area (Å²) in [5, 5.41) is 12.1. The van der Waals surface area contributed by atoms with Crippen LogP contribution in [0.5, 0.6) is 5.75 Å². The van der Waals surface area contributed by atoms with Gasteiger partial charge in [-0.15, -0.1) is 0 Å². The van der Waals surface area contributed by atoms with Crippen LogP contribution in [-0.2, 0) is 14.4 Å². The third kappa shape index (κ3) is 3.08. The Balaban J connectivity index is 1.79. The molecule has 0 spiro atoms. The summed E-state index contributed by atoms with van der Waals surface area (Å²) < 4.78 is 0.774. The Kier molecular flexibility index (Phi) is 5.12. The molecule has 2 aliphatic heterocycles. The fourth-order valence-corrected chi connectivity index (χ4v) is 4.26. The van der Waals surface area contributed by atoms with Crippen molar-refractivity contribution in [2.24, 2.45) is 5.92 Å². The minimum Gasteiger partial charge on any atom is -0.508 e. The number of imide groups is 1. The average molecular weight is 445 g/mol. The molecule has 3 atom stereocenters. The number of hydroxylamine groups is 1. The first-order valence-corrected chi connectivity index (χ1v) is 10.2. The Bertz CT molecular complexity index is 905. The van der Waals surface area contributed by atoms with Gasteiger partial charge < -0.3 is 5.11 Å². The molecule has 2 heterocycles. The van der Waals surface area contributed by atoms with E-state index in [2.05, 4.69) is 15.9 Å². The van der Waals surface area contributed by atoms with Gasteiger partial charge in [0.1, 0.15) is 11.7 Å². The van der Waals surface area contributed by atoms with Crippen molar-refractivity contribution in [1.29, 1.82) is 0 Å². The van der Waals surface area contributed by atoms with Crippen LogP contribution in [-0.4, -0.2) is 34.5 Å². The topological polar surface area (TPSA) is 70.1 Å². The number of likely N-dealkylation sites (tertiary alicyclic amines) is 1. The summed E-state index contributed by atoms with van der Waals surface area (Å²) in [6.45, 7) is 2.41. The Morgan fingerprint density at radius 1 is 1.11 bits per heavy atom. The van der Waals surface area contributed by atoms with E-state index in [0.717, 1.165) is 23.0 Å². The highest BCUT2D eigenvalue weighted by Gasteiger charge is 2.60. The summed E-state index contributed by atoms with van der Waals surface area (Å²) in [6, 6.07) is 13.8. The molecule has 0 saturated carbocycles. The zero-order valence-corrected chi connectivity index (χ0v) is 17.0. The number of anilines is 1. The van der Waals surface area contributed by atoms with Crippen molar-refractivity contribution in [1.82, 2.24) is 4.90 Å². The minimum absolute atomic E-state index is 0.0608. The number of rotatable bonds is 5. The number of phenols is 1. The third-order valence-electron chi connectivity index (χ3n) is 5.26. The van der Waals surface area contributed by atoms with Crippen molar-refractivity contribution in [2.45, 2.75) is 31.9 Å². The fraction of sp³-hybridized carbons (Fsp3) is 0.333. The van der Waals surface area contributed by atoms with Crippen LogP contribution in [0, 0.1) is 5.92 Å². The lowest BCUT2D eigenvalue weighted by Crippen LogP contribution is -2.37. The maximum Gasteiger partial charge on any atom is 0.261 e. The molecule has 2 fully saturated rings. The van der Waals surface area contributed by atoms with Crippen LogP contribution in [0.1, 0.15) is 31.4 Å². The molecule has 0 bridgehead atoms. The van der Waals surface area contributed by atoms with E-state index in [-0.39, 0.29) is 17.6 Å². The summed E-state index contributed by atoms with van der Waals surface area (Å²) in [5.74, 6) is -1.19. The highest BCUT2D eigenvalue weighted by molar-refractivity contribution is 9.10. The van der Waals surface area contributed by atoms with Crippen LogP contribution in [0.2, 0.25) is 0 Å². The summed E-state index contributed by atoms with van der Waals surface area (Å²) in [5.41, 5.74) is 1.27. The van der Waals surface area contributed by atoms with Crippen LogP contribution in [0.15, 0.2) is 53.0 Å². The van der Waals surface area contributed by atoms with E-state index >= 15 is 0 Å². The van der Waals surface area contributed by atoms with Gasteiger partial charge in [-0.3, -0.25) is 19.3 Å². The van der Waals surface area contributed by atoms with Crippen LogP contribution >= 0.6 is 15.9 Å². The number of halogens is 1. The molecule has 2 aromatic rings. The maximum absolute atomic E-state index is 13.2. The van der Waals surface area contributed by atoms with Crippen LogP contribution < -0.4 is 5.06 Å². The Hall–Kier alpha value is -2.38. The van der Waals surface area contributed by atoms with Gasteiger partial charge in [-0.25, -0.2) is 5.06 Å². The van der Waals surface area contributed by atoms with E-state index in [1.165, 1.54) is 4.90 Å². The molecule has 0 aromatic heterocycles. The number of benzene rings is 2. The Labute approximate surface area is 171 Å². The van der Waals surface area contributed by atoms with Crippen LogP contribution in [0.25, 0.3) is 0 Å². The Morgan fingerprint density at radius 3 is 2.57 bits per heavy atom. The second-order valence-electron chi connectivity index (χ2n) is 7.04. The number of carbonyl (C=O) groups excluding carboxylic acids is 2. The van der Waals surface area contributed by atoms with Crippen molar-refractivity contribution in [3.63, 3.8) is 0 Å². The molecule has 2 aliphatic rings. The van der Waals surface area contributed by atoms with Gasteiger partial charge in [0.25, 0.3) is 5.91 Å². The largest absolute Gasteiger partial charge is 0.508 e. The molecular formula is C21H21BrN2O4. The van der Waals surface area contributed by atoms with Gasteiger partial charge in [0.05, 0.1) is 11.7 Å². The predicted octanol–water partition coefficient (Wildman–Crippen LogP) is 3.80. The molecule has 0 unspecified atom stereocenters. The number of hydrogen-bond donors (Lipinski definition) is 1. The summed E-state index contributed by atoms with van der Waals surface area (Å²) >= 11 is 3.43. The van der Waals surface area contributed by atoms with Crippen molar-refractivity contribution >= 4 is 33.4 Å². The molecular weight excluding hydrogens is 424 g/mol. The molecule has 4 rings (SSSR count). The first kappa shape index (κ1) is 19.0. The first-order valence-electron chi connectivity index (χ1n) is 9.37. The molecule has 0 aliphatic carbocycles. The van der Waals surface area contributed by atoms with Gasteiger partial charge in [-0.1, -0.05) is 47.5 Å². The average Bonchev–Trinajstić information content (AvgIpc) is 3.20. The van der Waals surface area contributed by atoms with Crippen molar-refractivity contribution in [3.05, 3.63) is 58.6 Å². The number of amides is 2.